The van der Waals surface area contributed by atoms with Crippen molar-refractivity contribution in [1.82, 2.24) is 14.9 Å². The first-order chi connectivity index (χ1) is 15.2. The summed E-state index contributed by atoms with van der Waals surface area (Å²) in [5, 5.41) is 5.57. The Morgan fingerprint density at radius 2 is 1.94 bits per heavy atom. The van der Waals surface area contributed by atoms with Crippen LogP contribution in [0.2, 0.25) is 0 Å². The fraction of sp³-hybridized carbons (Fsp3) is 0.320. The van der Waals surface area contributed by atoms with Gasteiger partial charge in [-0.25, -0.2) is 0 Å². The van der Waals surface area contributed by atoms with Crippen LogP contribution < -0.4 is 14.8 Å². The smallest absolute Gasteiger partial charge is 0.222 e. The minimum atomic E-state index is 0.0281. The van der Waals surface area contributed by atoms with Crippen LogP contribution in [0.5, 0.6) is 11.5 Å². The number of aromatic nitrogens is 2. The van der Waals surface area contributed by atoms with E-state index in [1.807, 2.05) is 30.5 Å². The summed E-state index contributed by atoms with van der Waals surface area (Å²) < 4.78 is 12.8. The first-order valence-corrected chi connectivity index (χ1v) is 10.8. The zero-order valence-corrected chi connectivity index (χ0v) is 17.9. The molecule has 0 aliphatic heterocycles. The summed E-state index contributed by atoms with van der Waals surface area (Å²) in [4.78, 5) is 16.3. The Kier molecular flexibility index (Phi) is 5.06. The van der Waals surface area contributed by atoms with Crippen molar-refractivity contribution in [2.45, 2.75) is 38.3 Å². The van der Waals surface area contributed by atoms with Crippen LogP contribution in [0.15, 0.2) is 48.7 Å². The van der Waals surface area contributed by atoms with Gasteiger partial charge in [0, 0.05) is 46.7 Å². The van der Waals surface area contributed by atoms with Crippen molar-refractivity contribution in [3.8, 4) is 11.5 Å². The number of H-pyrrole nitrogens is 1. The highest BCUT2D eigenvalue weighted by molar-refractivity contribution is 5.87. The molecule has 4 aromatic rings. The van der Waals surface area contributed by atoms with Gasteiger partial charge in [-0.05, 0) is 67.3 Å². The largest absolute Gasteiger partial charge is 0.497 e. The lowest BCUT2D eigenvalue weighted by molar-refractivity contribution is -0.122. The normalized spacial score (nSPS) is 15.7. The number of amides is 1. The van der Waals surface area contributed by atoms with E-state index in [2.05, 4.69) is 33.1 Å². The highest BCUT2D eigenvalue weighted by Crippen LogP contribution is 2.36. The highest BCUT2D eigenvalue weighted by atomic mass is 16.5. The van der Waals surface area contributed by atoms with E-state index in [9.17, 15) is 4.79 Å². The number of aryl methyl sites for hydroxylation is 2. The molecule has 1 amide bonds. The summed E-state index contributed by atoms with van der Waals surface area (Å²) in [6.07, 6.45) is 5.51. The van der Waals surface area contributed by atoms with Crippen LogP contribution in [0.25, 0.3) is 21.8 Å². The third-order valence-electron chi connectivity index (χ3n) is 6.31. The molecule has 2 heterocycles. The van der Waals surface area contributed by atoms with Crippen LogP contribution in [0.4, 0.5) is 0 Å². The molecule has 0 bridgehead atoms. The Labute approximate surface area is 181 Å². The molecule has 1 aliphatic carbocycles. The highest BCUT2D eigenvalue weighted by Gasteiger charge is 2.25. The predicted octanol–water partition coefficient (Wildman–Crippen LogP) is 4.72. The van der Waals surface area contributed by atoms with E-state index in [1.165, 1.54) is 10.9 Å². The minimum Gasteiger partial charge on any atom is -0.497 e. The number of rotatable bonds is 6. The van der Waals surface area contributed by atoms with Gasteiger partial charge < -0.3 is 24.3 Å². The lowest BCUT2D eigenvalue weighted by Gasteiger charge is -2.24. The standard InChI is InChI=1S/C25H27N3O3/c1-30-17-7-9-23-16(14-17)10-12-28(23)13-11-24(29)26-22-5-3-4-19-20-15-18(31-2)6-8-21(20)27-25(19)22/h6-10,12,14-15,22,27H,3-5,11,13H2,1-2H3,(H,26,29)/t22-/m0/s1. The van der Waals surface area contributed by atoms with Gasteiger partial charge in [-0.15, -0.1) is 0 Å². The van der Waals surface area contributed by atoms with Crippen LogP contribution >= 0.6 is 0 Å². The third-order valence-corrected chi connectivity index (χ3v) is 6.31. The van der Waals surface area contributed by atoms with E-state index in [0.29, 0.717) is 13.0 Å². The van der Waals surface area contributed by atoms with Gasteiger partial charge in [-0.2, -0.15) is 0 Å². The van der Waals surface area contributed by atoms with Crippen molar-refractivity contribution in [3.05, 3.63) is 59.9 Å². The molecule has 2 N–H and O–H groups in total. The van der Waals surface area contributed by atoms with Gasteiger partial charge in [0.15, 0.2) is 0 Å². The van der Waals surface area contributed by atoms with E-state index in [-0.39, 0.29) is 11.9 Å². The van der Waals surface area contributed by atoms with Gasteiger partial charge in [0.05, 0.1) is 20.3 Å². The van der Waals surface area contributed by atoms with Gasteiger partial charge in [-0.3, -0.25) is 4.79 Å². The SMILES string of the molecule is COc1ccc2c(ccn2CCC(=O)N[C@H]2CCCc3c2[nH]c2ccc(OC)cc32)c1. The average molecular weight is 418 g/mol. The molecular weight excluding hydrogens is 390 g/mol. The molecule has 31 heavy (non-hydrogen) atoms. The first kappa shape index (κ1) is 19.5. The number of hydrogen-bond donors (Lipinski definition) is 2. The summed E-state index contributed by atoms with van der Waals surface area (Å²) >= 11 is 0. The van der Waals surface area contributed by atoms with Crippen molar-refractivity contribution in [1.29, 1.82) is 0 Å². The van der Waals surface area contributed by atoms with Crippen molar-refractivity contribution < 1.29 is 14.3 Å². The number of carbonyl (C=O) groups excluding carboxylic acids is 1. The average Bonchev–Trinajstić information content (AvgIpc) is 3.38. The molecule has 6 nitrogen and oxygen atoms in total. The lowest BCUT2D eigenvalue weighted by atomic mass is 9.91. The van der Waals surface area contributed by atoms with Gasteiger partial charge in [0.1, 0.15) is 11.5 Å². The molecule has 6 heteroatoms. The fourth-order valence-corrected chi connectivity index (χ4v) is 4.70. The van der Waals surface area contributed by atoms with E-state index in [4.69, 9.17) is 9.47 Å². The number of hydrogen-bond acceptors (Lipinski definition) is 3. The molecule has 0 radical (unpaired) electrons. The fourth-order valence-electron chi connectivity index (χ4n) is 4.70. The maximum Gasteiger partial charge on any atom is 0.222 e. The van der Waals surface area contributed by atoms with Crippen LogP contribution in [0, 0.1) is 0 Å². The molecule has 5 rings (SSSR count). The molecule has 2 aromatic heterocycles. The Bertz CT molecular complexity index is 1250. The first-order valence-electron chi connectivity index (χ1n) is 10.8. The second kappa shape index (κ2) is 8.02. The molecule has 2 aromatic carbocycles. The van der Waals surface area contributed by atoms with E-state index < -0.39 is 0 Å². The quantitative estimate of drug-likeness (QED) is 0.477. The van der Waals surface area contributed by atoms with Crippen LogP contribution in [0.3, 0.4) is 0 Å². The van der Waals surface area contributed by atoms with Crippen molar-refractivity contribution in [3.63, 3.8) is 0 Å². The Morgan fingerprint density at radius 1 is 1.13 bits per heavy atom. The van der Waals surface area contributed by atoms with Gasteiger partial charge in [0.2, 0.25) is 5.91 Å². The topological polar surface area (TPSA) is 68.3 Å². The number of aromatic amines is 1. The molecule has 0 spiro atoms. The monoisotopic (exact) mass is 417 g/mol. The summed E-state index contributed by atoms with van der Waals surface area (Å²) in [7, 11) is 3.36. The van der Waals surface area contributed by atoms with Gasteiger partial charge in [0.25, 0.3) is 0 Å². The van der Waals surface area contributed by atoms with E-state index >= 15 is 0 Å². The van der Waals surface area contributed by atoms with E-state index in [0.717, 1.165) is 52.9 Å². The Hall–Kier alpha value is -3.41. The second-order valence-corrected chi connectivity index (χ2v) is 8.12. The molecule has 1 atom stereocenters. The number of methoxy groups -OCH3 is 2. The molecule has 1 aliphatic rings. The number of carbonyl (C=O) groups is 1. The van der Waals surface area contributed by atoms with Gasteiger partial charge >= 0.3 is 0 Å². The third kappa shape index (κ3) is 3.63. The van der Waals surface area contributed by atoms with Crippen LogP contribution in [0.1, 0.15) is 36.6 Å². The molecule has 0 saturated heterocycles. The minimum absolute atomic E-state index is 0.0281. The van der Waals surface area contributed by atoms with Gasteiger partial charge in [-0.1, -0.05) is 0 Å². The molecule has 160 valence electrons. The molecule has 0 fully saturated rings. The van der Waals surface area contributed by atoms with Crippen LogP contribution in [-0.2, 0) is 17.8 Å². The number of benzene rings is 2. The number of nitrogens with zero attached hydrogens (tertiary/aromatic N) is 1. The number of fused-ring (bicyclic) bond motifs is 4. The number of ether oxygens (including phenoxy) is 2. The molecular formula is C25H27N3O3. The predicted molar refractivity (Wildman–Crippen MR) is 122 cm³/mol. The number of nitrogens with one attached hydrogen (secondary N) is 2. The second-order valence-electron chi connectivity index (χ2n) is 8.12. The Morgan fingerprint density at radius 3 is 2.77 bits per heavy atom. The lowest BCUT2D eigenvalue weighted by Crippen LogP contribution is -2.31. The van der Waals surface area contributed by atoms with Crippen molar-refractivity contribution in [2.75, 3.05) is 14.2 Å². The van der Waals surface area contributed by atoms with E-state index in [1.54, 1.807) is 14.2 Å². The molecule has 0 unspecified atom stereocenters. The summed E-state index contributed by atoms with van der Waals surface area (Å²) in [6.45, 7) is 0.644. The van der Waals surface area contributed by atoms with Crippen molar-refractivity contribution >= 4 is 27.7 Å². The Balaban J connectivity index is 1.29. The zero-order valence-electron chi connectivity index (χ0n) is 17.9. The van der Waals surface area contributed by atoms with Crippen molar-refractivity contribution in [2.24, 2.45) is 0 Å². The van der Waals surface area contributed by atoms with Crippen LogP contribution in [-0.4, -0.2) is 29.7 Å². The zero-order chi connectivity index (χ0) is 21.4. The summed E-state index contributed by atoms with van der Waals surface area (Å²) in [6, 6.07) is 14.2. The molecule has 0 saturated carbocycles. The maximum absolute atomic E-state index is 12.8. The summed E-state index contributed by atoms with van der Waals surface area (Å²) in [5.41, 5.74) is 4.65. The summed E-state index contributed by atoms with van der Waals surface area (Å²) in [5.74, 6) is 1.77. The maximum atomic E-state index is 12.8.